The Kier molecular flexibility index (Phi) is 6.58. The molecule has 1 aromatic rings. The quantitative estimate of drug-likeness (QED) is 0.448. The van der Waals surface area contributed by atoms with Crippen LogP contribution in [0.3, 0.4) is 0 Å². The molecule has 0 saturated heterocycles. The summed E-state index contributed by atoms with van der Waals surface area (Å²) in [5, 5.41) is 8.60. The normalized spacial score (nSPS) is 11.1. The summed E-state index contributed by atoms with van der Waals surface area (Å²) in [7, 11) is -3.60. The number of unbranched alkanes of at least 4 members (excludes halogenated alkanes) is 1. The Morgan fingerprint density at radius 2 is 1.86 bits per heavy atom. The van der Waals surface area contributed by atoms with Gasteiger partial charge in [-0.05, 0) is 31.9 Å². The van der Waals surface area contributed by atoms with Crippen molar-refractivity contribution in [1.29, 1.82) is 0 Å². The van der Waals surface area contributed by atoms with Gasteiger partial charge in [0.1, 0.15) is 0 Å². The van der Waals surface area contributed by atoms with Gasteiger partial charge >= 0.3 is 5.97 Å². The second-order valence-electron chi connectivity index (χ2n) is 4.74. The number of carbonyl (C=O) groups excluding carboxylic acids is 1. The first-order valence-electron chi connectivity index (χ1n) is 6.62. The highest BCUT2D eigenvalue weighted by Gasteiger charge is 2.20. The number of aliphatic hydroxyl groups excluding tert-OH is 1. The van der Waals surface area contributed by atoms with Crippen LogP contribution in [-0.2, 0) is 19.4 Å². The summed E-state index contributed by atoms with van der Waals surface area (Å²) < 4.78 is 29.2. The van der Waals surface area contributed by atoms with Crippen LogP contribution in [0.15, 0.2) is 41.3 Å². The van der Waals surface area contributed by atoms with Crippen LogP contribution in [0.5, 0.6) is 0 Å². The molecular weight excluding hydrogens is 292 g/mol. The number of aryl methyl sites for hydroxylation is 1. The summed E-state index contributed by atoms with van der Waals surface area (Å²) in [6.07, 6.45) is 1.06. The van der Waals surface area contributed by atoms with E-state index in [-0.39, 0.29) is 23.7 Å². The molecule has 0 fully saturated rings. The van der Waals surface area contributed by atoms with E-state index in [1.165, 1.54) is 12.1 Å². The van der Waals surface area contributed by atoms with Crippen molar-refractivity contribution < 1.29 is 23.1 Å². The lowest BCUT2D eigenvalue weighted by molar-refractivity contribution is -0.139. The number of carbonyl (C=O) groups is 1. The zero-order valence-corrected chi connectivity index (χ0v) is 12.9. The largest absolute Gasteiger partial charge is 0.462 e. The fourth-order valence-electron chi connectivity index (χ4n) is 1.60. The predicted octanol–water partition coefficient (Wildman–Crippen LogP) is 1.64. The Bertz CT molecular complexity index is 587. The van der Waals surface area contributed by atoms with Crippen LogP contribution in [0.1, 0.15) is 18.4 Å². The summed E-state index contributed by atoms with van der Waals surface area (Å²) >= 11 is 0. The van der Waals surface area contributed by atoms with E-state index in [0.29, 0.717) is 12.8 Å². The van der Waals surface area contributed by atoms with Crippen LogP contribution in [-0.4, -0.2) is 38.5 Å². The van der Waals surface area contributed by atoms with Gasteiger partial charge in [-0.1, -0.05) is 24.3 Å². The summed E-state index contributed by atoms with van der Waals surface area (Å²) in [5.41, 5.74) is 0.857. The minimum Gasteiger partial charge on any atom is -0.462 e. The predicted molar refractivity (Wildman–Crippen MR) is 79.7 cm³/mol. The van der Waals surface area contributed by atoms with Crippen LogP contribution < -0.4 is 0 Å². The molecule has 1 aromatic carbocycles. The lowest BCUT2D eigenvalue weighted by Crippen LogP contribution is -2.17. The van der Waals surface area contributed by atoms with Crippen molar-refractivity contribution in [3.63, 3.8) is 0 Å². The first kappa shape index (κ1) is 17.4. The molecule has 0 atom stereocenters. The second-order valence-corrected chi connectivity index (χ2v) is 6.73. The molecule has 0 saturated carbocycles. The molecule has 0 bridgehead atoms. The summed E-state index contributed by atoms with van der Waals surface area (Å²) in [5.74, 6) is -1.18. The third-order valence-corrected chi connectivity index (χ3v) is 4.54. The van der Waals surface area contributed by atoms with Gasteiger partial charge in [0, 0.05) is 12.2 Å². The monoisotopic (exact) mass is 312 g/mol. The average molecular weight is 312 g/mol. The topological polar surface area (TPSA) is 80.7 Å². The molecule has 0 aliphatic heterocycles. The number of rotatable bonds is 8. The number of aliphatic hydroxyl groups is 1. The fraction of sp³-hybridized carbons (Fsp3) is 0.400. The molecule has 21 heavy (non-hydrogen) atoms. The van der Waals surface area contributed by atoms with Gasteiger partial charge in [-0.3, -0.25) is 0 Å². The lowest BCUT2D eigenvalue weighted by atomic mass is 10.2. The van der Waals surface area contributed by atoms with Crippen molar-refractivity contribution in [3.8, 4) is 0 Å². The summed E-state index contributed by atoms with van der Waals surface area (Å²) in [6, 6.07) is 6.40. The van der Waals surface area contributed by atoms with E-state index in [0.717, 1.165) is 5.56 Å². The van der Waals surface area contributed by atoms with Gasteiger partial charge < -0.3 is 9.84 Å². The highest BCUT2D eigenvalue weighted by Crippen LogP contribution is 2.15. The van der Waals surface area contributed by atoms with Gasteiger partial charge in [0.25, 0.3) is 0 Å². The van der Waals surface area contributed by atoms with E-state index in [1.807, 2.05) is 6.92 Å². The van der Waals surface area contributed by atoms with E-state index in [4.69, 9.17) is 9.84 Å². The highest BCUT2D eigenvalue weighted by atomic mass is 32.2. The number of hydrogen-bond acceptors (Lipinski definition) is 5. The fourth-order valence-corrected chi connectivity index (χ4v) is 2.89. The van der Waals surface area contributed by atoms with E-state index in [2.05, 4.69) is 6.58 Å². The lowest BCUT2D eigenvalue weighted by Gasteiger charge is -2.08. The maximum atomic E-state index is 12.1. The minimum atomic E-state index is -3.60. The molecule has 6 heteroatoms. The smallest absolute Gasteiger partial charge is 0.334 e. The zero-order valence-electron chi connectivity index (χ0n) is 12.0. The summed E-state index contributed by atoms with van der Waals surface area (Å²) in [6.45, 7) is 5.51. The van der Waals surface area contributed by atoms with Gasteiger partial charge in [0.05, 0.1) is 17.3 Å². The molecule has 0 aliphatic rings. The number of benzene rings is 1. The molecule has 0 heterocycles. The Balaban J connectivity index is 2.60. The molecule has 116 valence electrons. The molecule has 0 radical (unpaired) electrons. The van der Waals surface area contributed by atoms with E-state index >= 15 is 0 Å². The molecule has 0 amide bonds. The van der Waals surface area contributed by atoms with Gasteiger partial charge in [-0.25, -0.2) is 13.2 Å². The maximum Gasteiger partial charge on any atom is 0.334 e. The molecule has 0 aliphatic carbocycles. The third-order valence-electron chi connectivity index (χ3n) is 2.82. The van der Waals surface area contributed by atoms with Crippen molar-refractivity contribution in [2.24, 2.45) is 0 Å². The van der Waals surface area contributed by atoms with Gasteiger partial charge in [0.15, 0.2) is 9.84 Å². The molecule has 0 unspecified atom stereocenters. The third kappa shape index (κ3) is 5.69. The van der Waals surface area contributed by atoms with E-state index < -0.39 is 21.6 Å². The van der Waals surface area contributed by atoms with Gasteiger partial charge in [-0.2, -0.15) is 0 Å². The Hall–Kier alpha value is -1.66. The van der Waals surface area contributed by atoms with Gasteiger partial charge in [0.2, 0.25) is 0 Å². The molecule has 0 spiro atoms. The van der Waals surface area contributed by atoms with Crippen molar-refractivity contribution in [2.45, 2.75) is 24.7 Å². The van der Waals surface area contributed by atoms with E-state index in [1.54, 1.807) is 12.1 Å². The van der Waals surface area contributed by atoms with Crippen molar-refractivity contribution in [3.05, 3.63) is 42.0 Å². The highest BCUT2D eigenvalue weighted by molar-refractivity contribution is 7.91. The standard InChI is InChI=1S/C15H20O5S/c1-12-5-7-14(8-6-12)21(18,19)11-13(2)15(17)20-10-4-3-9-16/h5-8,16H,2-4,9-11H2,1H3. The number of esters is 1. The van der Waals surface area contributed by atoms with Crippen molar-refractivity contribution in [2.75, 3.05) is 19.0 Å². The Morgan fingerprint density at radius 3 is 2.43 bits per heavy atom. The Morgan fingerprint density at radius 1 is 1.24 bits per heavy atom. The number of sulfone groups is 1. The average Bonchev–Trinajstić information content (AvgIpc) is 2.43. The van der Waals surface area contributed by atoms with E-state index in [9.17, 15) is 13.2 Å². The maximum absolute atomic E-state index is 12.1. The molecule has 0 aromatic heterocycles. The molecule has 1 N–H and O–H groups in total. The molecule has 1 rings (SSSR count). The van der Waals surface area contributed by atoms with Crippen LogP contribution in [0.2, 0.25) is 0 Å². The second kappa shape index (κ2) is 7.95. The van der Waals surface area contributed by atoms with Gasteiger partial charge in [-0.15, -0.1) is 0 Å². The molecular formula is C15H20O5S. The SMILES string of the molecule is C=C(CS(=O)(=O)c1ccc(C)cc1)C(=O)OCCCCO. The van der Waals surface area contributed by atoms with Crippen molar-refractivity contribution >= 4 is 15.8 Å². The zero-order chi connectivity index (χ0) is 15.9. The minimum absolute atomic E-state index is 0.0281. The first-order chi connectivity index (χ1) is 9.86. The van der Waals surface area contributed by atoms with Crippen molar-refractivity contribution in [1.82, 2.24) is 0 Å². The van der Waals surface area contributed by atoms with Crippen LogP contribution >= 0.6 is 0 Å². The number of ether oxygens (including phenoxy) is 1. The molecule has 5 nitrogen and oxygen atoms in total. The summed E-state index contributed by atoms with van der Waals surface area (Å²) in [4.78, 5) is 11.8. The van der Waals surface area contributed by atoms with Crippen LogP contribution in [0, 0.1) is 6.92 Å². The number of hydrogen-bond donors (Lipinski definition) is 1. The van der Waals surface area contributed by atoms with Crippen LogP contribution in [0.4, 0.5) is 0 Å². The first-order valence-corrected chi connectivity index (χ1v) is 8.27. The van der Waals surface area contributed by atoms with Crippen LogP contribution in [0.25, 0.3) is 0 Å². The Labute approximate surface area is 125 Å².